The Kier molecular flexibility index (Phi) is 12.1. The lowest BCUT2D eigenvalue weighted by Crippen LogP contribution is -2.60. The van der Waals surface area contributed by atoms with Gasteiger partial charge in [-0.15, -0.1) is 11.3 Å². The average molecular weight is 718 g/mol. The summed E-state index contributed by atoms with van der Waals surface area (Å²) >= 11 is 1.59. The number of amides is 3. The van der Waals surface area contributed by atoms with Crippen molar-refractivity contribution in [2.24, 2.45) is 5.41 Å². The van der Waals surface area contributed by atoms with Crippen molar-refractivity contribution in [2.45, 2.75) is 91.0 Å². The number of hydrogen-bond acceptors (Lipinski definition) is 8. The summed E-state index contributed by atoms with van der Waals surface area (Å²) in [4.78, 5) is 56.5. The van der Waals surface area contributed by atoms with Crippen LogP contribution in [0.2, 0.25) is 0 Å². The van der Waals surface area contributed by atoms with E-state index in [1.807, 2.05) is 76.5 Å². The molecule has 4 atom stereocenters. The predicted octanol–water partition coefficient (Wildman–Crippen LogP) is 3.88. The number of aliphatic hydroxyl groups is 1. The largest absolute Gasteiger partial charge is 0.490 e. The Bertz CT molecular complexity index is 1710. The number of aryl methyl sites for hydroxylation is 2. The van der Waals surface area contributed by atoms with Gasteiger partial charge in [0.1, 0.15) is 12.1 Å². The number of thiazole rings is 1. The molecule has 2 aliphatic rings. The molecule has 50 heavy (non-hydrogen) atoms. The van der Waals surface area contributed by atoms with Crippen LogP contribution in [0.3, 0.4) is 0 Å². The number of benzene rings is 2. The molecular weight excluding hydrogens is 675 g/mol. The highest BCUT2D eigenvalue weighted by Crippen LogP contribution is 2.29. The molecule has 1 unspecified atom stereocenters. The molecule has 3 amide bonds. The molecule has 5 N–H and O–H groups in total. The van der Waals surface area contributed by atoms with Crippen LogP contribution < -0.4 is 16.0 Å². The Morgan fingerprint density at radius 3 is 2.30 bits per heavy atom. The van der Waals surface area contributed by atoms with E-state index in [4.69, 9.17) is 9.90 Å². The summed E-state index contributed by atoms with van der Waals surface area (Å²) in [5.41, 5.74) is 7.66. The Morgan fingerprint density at radius 2 is 1.72 bits per heavy atom. The molecule has 1 aromatic heterocycles. The van der Waals surface area contributed by atoms with Gasteiger partial charge in [-0.2, -0.15) is 13.2 Å². The third kappa shape index (κ3) is 9.46. The van der Waals surface area contributed by atoms with E-state index >= 15 is 0 Å². The number of carboxylic acid groups (broad SMARTS) is 1. The zero-order valence-corrected chi connectivity index (χ0v) is 29.2. The topological polar surface area (TPSA) is 161 Å². The summed E-state index contributed by atoms with van der Waals surface area (Å²) in [5, 5.41) is 26.9. The second kappa shape index (κ2) is 15.7. The Hall–Kier alpha value is -4.34. The normalized spacial score (nSPS) is 19.5. The first-order valence-corrected chi connectivity index (χ1v) is 16.9. The number of carboxylic acids is 1. The van der Waals surface area contributed by atoms with Crippen LogP contribution >= 0.6 is 11.3 Å². The molecule has 270 valence electrons. The molecule has 3 aromatic rings. The molecule has 0 saturated carbocycles. The van der Waals surface area contributed by atoms with Crippen LogP contribution in [0.5, 0.6) is 0 Å². The van der Waals surface area contributed by atoms with E-state index in [1.165, 1.54) is 10.5 Å². The second-order valence-electron chi connectivity index (χ2n) is 13.5. The number of aromatic nitrogens is 1. The van der Waals surface area contributed by atoms with Gasteiger partial charge in [0.05, 0.1) is 28.2 Å². The molecule has 0 aliphatic carbocycles. The number of aliphatic carboxylic acids is 1. The summed E-state index contributed by atoms with van der Waals surface area (Å²) in [6.45, 7) is 10.6. The van der Waals surface area contributed by atoms with Crippen LogP contribution in [0.4, 0.5) is 13.2 Å². The summed E-state index contributed by atoms with van der Waals surface area (Å²) in [6.07, 6.45) is -5.22. The number of rotatable bonds is 7. The first-order chi connectivity index (χ1) is 23.4. The van der Waals surface area contributed by atoms with Gasteiger partial charge in [-0.3, -0.25) is 14.4 Å². The molecule has 1 fully saturated rings. The van der Waals surface area contributed by atoms with E-state index in [9.17, 15) is 32.7 Å². The maximum atomic E-state index is 14.0. The fourth-order valence-electron chi connectivity index (χ4n) is 5.94. The lowest BCUT2D eigenvalue weighted by atomic mass is 9.85. The lowest BCUT2D eigenvalue weighted by Gasteiger charge is -2.36. The van der Waals surface area contributed by atoms with Gasteiger partial charge >= 0.3 is 12.1 Å². The zero-order valence-electron chi connectivity index (χ0n) is 28.4. The fourth-order valence-corrected chi connectivity index (χ4v) is 6.75. The van der Waals surface area contributed by atoms with Gasteiger partial charge in [0.2, 0.25) is 17.7 Å². The van der Waals surface area contributed by atoms with E-state index in [2.05, 4.69) is 27.0 Å². The Morgan fingerprint density at radius 1 is 1.06 bits per heavy atom. The first-order valence-electron chi connectivity index (χ1n) is 16.0. The van der Waals surface area contributed by atoms with Gasteiger partial charge in [-0.1, -0.05) is 63.2 Å². The molecule has 11 nitrogen and oxygen atoms in total. The Labute approximate surface area is 292 Å². The van der Waals surface area contributed by atoms with Gasteiger partial charge in [0, 0.05) is 26.1 Å². The standard InChI is InChI=1S/C33H41N5O4S.C2HF3O2/c1-19-7-6-8-23-16-34-26(14-25(19)23)30(40)37-29(33(3,4)5)32(42)38-17-24(39)13-27(38)31(41)35-15-21-9-11-22(12-10-21)28-20(2)36-18-43-28;3-2(4,5)1(6)7/h6-12,18,24,26-27,29,34,39H,13-17H2,1-5H3,(H,35,41)(H,37,40);(H,6,7)/t24-,26?,27+,29+;/m1./s1. The fraction of sp³-hybridized carbons (Fsp3) is 0.457. The highest BCUT2D eigenvalue weighted by molar-refractivity contribution is 7.13. The first kappa shape index (κ1) is 38.5. The third-order valence-corrected chi connectivity index (χ3v) is 9.68. The minimum atomic E-state index is -5.08. The number of halogens is 3. The molecule has 15 heteroatoms. The summed E-state index contributed by atoms with van der Waals surface area (Å²) in [5.74, 6) is -3.70. The van der Waals surface area contributed by atoms with Gasteiger partial charge in [-0.25, -0.2) is 9.78 Å². The van der Waals surface area contributed by atoms with Crippen LogP contribution in [0, 0.1) is 19.3 Å². The summed E-state index contributed by atoms with van der Waals surface area (Å²) in [7, 11) is 0. The highest BCUT2D eigenvalue weighted by atomic mass is 32.1. The summed E-state index contributed by atoms with van der Waals surface area (Å²) in [6, 6.07) is 11.9. The smallest absolute Gasteiger partial charge is 0.475 e. The molecular formula is C35H42F3N5O6S. The second-order valence-corrected chi connectivity index (χ2v) is 14.4. The van der Waals surface area contributed by atoms with E-state index < -0.39 is 41.8 Å². The van der Waals surface area contributed by atoms with Gasteiger partial charge in [0.25, 0.3) is 0 Å². The van der Waals surface area contributed by atoms with Crippen molar-refractivity contribution in [3.8, 4) is 10.4 Å². The van der Waals surface area contributed by atoms with Crippen molar-refractivity contribution in [3.05, 3.63) is 75.9 Å². The summed E-state index contributed by atoms with van der Waals surface area (Å²) < 4.78 is 31.7. The van der Waals surface area contributed by atoms with Crippen molar-refractivity contribution >= 4 is 35.0 Å². The number of alkyl halides is 3. The van der Waals surface area contributed by atoms with Crippen molar-refractivity contribution in [1.82, 2.24) is 25.8 Å². The number of nitrogens with zero attached hydrogens (tertiary/aromatic N) is 2. The molecule has 1 saturated heterocycles. The van der Waals surface area contributed by atoms with Crippen molar-refractivity contribution in [3.63, 3.8) is 0 Å². The predicted molar refractivity (Wildman–Crippen MR) is 181 cm³/mol. The zero-order chi connectivity index (χ0) is 37.0. The number of likely N-dealkylation sites (tertiary alicyclic amines) is 1. The number of fused-ring (bicyclic) bond motifs is 1. The number of hydrogen-bond donors (Lipinski definition) is 5. The van der Waals surface area contributed by atoms with Gasteiger partial charge in [0.15, 0.2) is 0 Å². The van der Waals surface area contributed by atoms with E-state index in [0.29, 0.717) is 19.5 Å². The molecule has 3 heterocycles. The van der Waals surface area contributed by atoms with Crippen LogP contribution in [0.1, 0.15) is 55.1 Å². The number of carbonyl (C=O) groups is 4. The highest BCUT2D eigenvalue weighted by Gasteiger charge is 2.45. The third-order valence-electron chi connectivity index (χ3n) is 8.71. The number of aliphatic hydroxyl groups excluding tert-OH is 1. The molecule has 0 radical (unpaired) electrons. The van der Waals surface area contributed by atoms with Crippen LogP contribution in [0.25, 0.3) is 10.4 Å². The molecule has 0 bridgehead atoms. The van der Waals surface area contributed by atoms with E-state index in [0.717, 1.165) is 32.8 Å². The lowest BCUT2D eigenvalue weighted by molar-refractivity contribution is -0.192. The van der Waals surface area contributed by atoms with Crippen molar-refractivity contribution < 1.29 is 42.6 Å². The SMILES string of the molecule is Cc1cccc2c1CC(C(=O)N[C@@H](C(=O)N1C[C@H](O)C[C@H]1C(=O)NCc1ccc(-c3scnc3C)cc1)C(C)(C)C)NC2.O=C(O)C(F)(F)F. The van der Waals surface area contributed by atoms with E-state index in [1.54, 1.807) is 11.3 Å². The van der Waals surface area contributed by atoms with Gasteiger partial charge in [-0.05, 0) is 53.5 Å². The van der Waals surface area contributed by atoms with Crippen molar-refractivity contribution in [1.29, 1.82) is 0 Å². The monoisotopic (exact) mass is 717 g/mol. The molecule has 2 aromatic carbocycles. The average Bonchev–Trinajstić information content (AvgIpc) is 3.67. The minimum Gasteiger partial charge on any atom is -0.475 e. The maximum Gasteiger partial charge on any atom is 0.490 e. The Balaban J connectivity index is 0.000000727. The van der Waals surface area contributed by atoms with E-state index in [-0.39, 0.29) is 30.7 Å². The van der Waals surface area contributed by atoms with Crippen molar-refractivity contribution in [2.75, 3.05) is 6.54 Å². The van der Waals surface area contributed by atoms with Crippen LogP contribution in [-0.2, 0) is 38.7 Å². The molecule has 5 rings (SSSR count). The van der Waals surface area contributed by atoms with Crippen LogP contribution in [0.15, 0.2) is 48.0 Å². The van der Waals surface area contributed by atoms with Crippen LogP contribution in [-0.4, -0.2) is 80.7 Å². The number of β-amino-alcohol motifs (C(OH)–C–C–N with tert-alkyl or cyclic N) is 1. The maximum absolute atomic E-state index is 14.0. The number of nitrogens with one attached hydrogen (secondary N) is 3. The number of carbonyl (C=O) groups excluding carboxylic acids is 3. The molecule has 2 aliphatic heterocycles. The minimum absolute atomic E-state index is 0.0382. The van der Waals surface area contributed by atoms with Gasteiger partial charge < -0.3 is 31.1 Å². The quantitative estimate of drug-likeness (QED) is 0.246. The molecule has 0 spiro atoms.